The Hall–Kier alpha value is -2.22. The van der Waals surface area contributed by atoms with Crippen LogP contribution in [0.4, 0.5) is 5.69 Å². The standard InChI is InChI=1S/C14H11NO/c15-12-8-9-4-1-2-5-10(9)11-6-3-7-13(16)14(11)12/h1-8,16H,15H2. The molecule has 3 N–H and O–H groups in total. The largest absolute Gasteiger partial charge is 0.507 e. The van der Waals surface area contributed by atoms with Gasteiger partial charge in [0.25, 0.3) is 0 Å². The maximum absolute atomic E-state index is 9.83. The third-order valence-corrected chi connectivity index (χ3v) is 2.89. The zero-order valence-corrected chi connectivity index (χ0v) is 8.64. The van der Waals surface area contributed by atoms with Crippen molar-refractivity contribution in [2.24, 2.45) is 0 Å². The number of nitrogens with two attached hydrogens (primary N) is 1. The van der Waals surface area contributed by atoms with Gasteiger partial charge in [-0.05, 0) is 28.3 Å². The van der Waals surface area contributed by atoms with Crippen molar-refractivity contribution in [2.75, 3.05) is 5.73 Å². The van der Waals surface area contributed by atoms with Crippen LogP contribution in [0, 0.1) is 0 Å². The molecule has 0 unspecified atom stereocenters. The zero-order chi connectivity index (χ0) is 11.1. The summed E-state index contributed by atoms with van der Waals surface area (Å²) >= 11 is 0. The summed E-state index contributed by atoms with van der Waals surface area (Å²) in [6, 6.07) is 15.4. The van der Waals surface area contributed by atoms with Crippen LogP contribution in [0.1, 0.15) is 0 Å². The van der Waals surface area contributed by atoms with Gasteiger partial charge in [-0.25, -0.2) is 0 Å². The number of rotatable bonds is 0. The van der Waals surface area contributed by atoms with E-state index in [-0.39, 0.29) is 5.75 Å². The van der Waals surface area contributed by atoms with E-state index in [0.29, 0.717) is 5.69 Å². The van der Waals surface area contributed by atoms with Gasteiger partial charge in [0.05, 0.1) is 0 Å². The van der Waals surface area contributed by atoms with Crippen LogP contribution in [-0.4, -0.2) is 5.11 Å². The van der Waals surface area contributed by atoms with Crippen molar-refractivity contribution in [3.63, 3.8) is 0 Å². The average Bonchev–Trinajstić information content (AvgIpc) is 2.29. The van der Waals surface area contributed by atoms with Crippen molar-refractivity contribution < 1.29 is 5.11 Å². The van der Waals surface area contributed by atoms with Gasteiger partial charge in [-0.1, -0.05) is 36.4 Å². The highest BCUT2D eigenvalue weighted by Gasteiger charge is 2.07. The van der Waals surface area contributed by atoms with Gasteiger partial charge < -0.3 is 10.8 Å². The number of anilines is 1. The van der Waals surface area contributed by atoms with Crippen LogP contribution >= 0.6 is 0 Å². The molecule has 0 aliphatic heterocycles. The maximum atomic E-state index is 9.83. The van der Waals surface area contributed by atoms with Crippen LogP contribution in [0.2, 0.25) is 0 Å². The normalized spacial score (nSPS) is 11.0. The Morgan fingerprint density at radius 3 is 2.50 bits per heavy atom. The van der Waals surface area contributed by atoms with Gasteiger partial charge in [-0.15, -0.1) is 0 Å². The summed E-state index contributed by atoms with van der Waals surface area (Å²) in [7, 11) is 0. The number of hydrogen-bond donors (Lipinski definition) is 2. The molecule has 0 bridgehead atoms. The topological polar surface area (TPSA) is 46.2 Å². The molecule has 16 heavy (non-hydrogen) atoms. The van der Waals surface area contributed by atoms with E-state index in [1.165, 1.54) is 0 Å². The van der Waals surface area contributed by atoms with Crippen LogP contribution in [0.3, 0.4) is 0 Å². The third-order valence-electron chi connectivity index (χ3n) is 2.89. The van der Waals surface area contributed by atoms with Gasteiger partial charge in [-0.3, -0.25) is 0 Å². The molecule has 0 fully saturated rings. The van der Waals surface area contributed by atoms with E-state index in [0.717, 1.165) is 21.5 Å². The van der Waals surface area contributed by atoms with Gasteiger partial charge in [-0.2, -0.15) is 0 Å². The monoisotopic (exact) mass is 209 g/mol. The molecule has 0 spiro atoms. The quantitative estimate of drug-likeness (QED) is 0.441. The minimum absolute atomic E-state index is 0.237. The van der Waals surface area contributed by atoms with Gasteiger partial charge in [0.15, 0.2) is 0 Å². The van der Waals surface area contributed by atoms with E-state index >= 15 is 0 Å². The molecule has 0 amide bonds. The van der Waals surface area contributed by atoms with Gasteiger partial charge in [0.2, 0.25) is 0 Å². The first-order valence-electron chi connectivity index (χ1n) is 5.16. The molecule has 3 rings (SSSR count). The van der Waals surface area contributed by atoms with Crippen LogP contribution in [0.5, 0.6) is 5.75 Å². The van der Waals surface area contributed by atoms with Crippen molar-refractivity contribution in [3.05, 3.63) is 48.5 Å². The van der Waals surface area contributed by atoms with Crippen LogP contribution in [0.15, 0.2) is 48.5 Å². The molecule has 0 saturated carbocycles. The lowest BCUT2D eigenvalue weighted by Crippen LogP contribution is -1.88. The molecule has 78 valence electrons. The summed E-state index contributed by atoms with van der Waals surface area (Å²) in [5.41, 5.74) is 6.58. The summed E-state index contributed by atoms with van der Waals surface area (Å²) in [6.45, 7) is 0. The van der Waals surface area contributed by atoms with Crippen LogP contribution in [0.25, 0.3) is 21.5 Å². The Bertz CT molecular complexity index is 689. The third kappa shape index (κ3) is 1.13. The fraction of sp³-hybridized carbons (Fsp3) is 0. The SMILES string of the molecule is Nc1cc2ccccc2c2cccc(O)c12. The van der Waals surface area contributed by atoms with E-state index < -0.39 is 0 Å². The Kier molecular flexibility index (Phi) is 1.77. The second-order valence-corrected chi connectivity index (χ2v) is 3.89. The highest BCUT2D eigenvalue weighted by atomic mass is 16.3. The molecule has 2 heteroatoms. The predicted octanol–water partition coefficient (Wildman–Crippen LogP) is 3.28. The lowest BCUT2D eigenvalue weighted by atomic mass is 10.00. The first-order valence-corrected chi connectivity index (χ1v) is 5.16. The Labute approximate surface area is 92.9 Å². The molecule has 0 saturated heterocycles. The molecule has 3 aromatic rings. The number of phenols is 1. The summed E-state index contributed by atoms with van der Waals surface area (Å²) in [5, 5.41) is 13.8. The van der Waals surface area contributed by atoms with E-state index in [2.05, 4.69) is 0 Å². The van der Waals surface area contributed by atoms with Gasteiger partial charge in [0.1, 0.15) is 5.75 Å². The highest BCUT2D eigenvalue weighted by molar-refractivity contribution is 6.14. The lowest BCUT2D eigenvalue weighted by Gasteiger charge is -2.08. The molecule has 0 atom stereocenters. The highest BCUT2D eigenvalue weighted by Crippen LogP contribution is 2.35. The Balaban J connectivity index is 2.65. The van der Waals surface area contributed by atoms with Gasteiger partial charge in [0, 0.05) is 11.1 Å². The molecular formula is C14H11NO. The fourth-order valence-corrected chi connectivity index (χ4v) is 2.18. The number of hydrogen-bond acceptors (Lipinski definition) is 2. The summed E-state index contributed by atoms with van der Waals surface area (Å²) < 4.78 is 0. The average molecular weight is 209 g/mol. The number of nitrogen functional groups attached to an aromatic ring is 1. The fourth-order valence-electron chi connectivity index (χ4n) is 2.18. The lowest BCUT2D eigenvalue weighted by molar-refractivity contribution is 0.482. The molecule has 0 heterocycles. The number of phenolic OH excluding ortho intramolecular Hbond substituents is 1. The maximum Gasteiger partial charge on any atom is 0.125 e. The second kappa shape index (κ2) is 3.14. The van der Waals surface area contributed by atoms with E-state index in [1.54, 1.807) is 6.07 Å². The van der Waals surface area contributed by atoms with Crippen molar-refractivity contribution in [2.45, 2.75) is 0 Å². The molecular weight excluding hydrogens is 198 g/mol. The number of fused-ring (bicyclic) bond motifs is 3. The van der Waals surface area contributed by atoms with Crippen molar-refractivity contribution in [1.29, 1.82) is 0 Å². The Morgan fingerprint density at radius 1 is 0.875 bits per heavy atom. The summed E-state index contributed by atoms with van der Waals surface area (Å²) in [6.07, 6.45) is 0. The minimum atomic E-state index is 0.237. The number of benzene rings is 3. The zero-order valence-electron chi connectivity index (χ0n) is 8.64. The number of aromatic hydroxyl groups is 1. The van der Waals surface area contributed by atoms with Crippen LogP contribution < -0.4 is 5.73 Å². The smallest absolute Gasteiger partial charge is 0.125 e. The van der Waals surface area contributed by atoms with E-state index in [4.69, 9.17) is 5.73 Å². The molecule has 0 aliphatic rings. The van der Waals surface area contributed by atoms with E-state index in [9.17, 15) is 5.11 Å². The minimum Gasteiger partial charge on any atom is -0.507 e. The second-order valence-electron chi connectivity index (χ2n) is 3.89. The molecule has 0 radical (unpaired) electrons. The van der Waals surface area contributed by atoms with Crippen molar-refractivity contribution >= 4 is 27.2 Å². The van der Waals surface area contributed by atoms with E-state index in [1.807, 2.05) is 42.5 Å². The summed E-state index contributed by atoms with van der Waals surface area (Å²) in [4.78, 5) is 0. The van der Waals surface area contributed by atoms with Crippen molar-refractivity contribution in [1.82, 2.24) is 0 Å². The van der Waals surface area contributed by atoms with Gasteiger partial charge >= 0.3 is 0 Å². The molecule has 2 nitrogen and oxygen atoms in total. The Morgan fingerprint density at radius 2 is 1.62 bits per heavy atom. The first-order chi connectivity index (χ1) is 7.77. The predicted molar refractivity (Wildman–Crippen MR) is 67.5 cm³/mol. The molecule has 0 aliphatic carbocycles. The summed E-state index contributed by atoms with van der Waals surface area (Å²) in [5.74, 6) is 0.237. The van der Waals surface area contributed by atoms with Crippen LogP contribution in [-0.2, 0) is 0 Å². The molecule has 3 aromatic carbocycles. The first kappa shape index (κ1) is 9.04. The molecule has 0 aromatic heterocycles. The van der Waals surface area contributed by atoms with Crippen molar-refractivity contribution in [3.8, 4) is 5.75 Å².